The minimum atomic E-state index is -0.568. The Morgan fingerprint density at radius 3 is 2.79 bits per heavy atom. The monoisotopic (exact) mass is 447 g/mol. The number of amides is 1. The Hall–Kier alpha value is -4.27. The van der Waals surface area contributed by atoms with Crippen LogP contribution >= 0.6 is 0 Å². The Kier molecular flexibility index (Phi) is 6.30. The standard InChI is InChI=1S/C24H25N5O4/c1-5-12-33-19-9-7-6-8-17(19)22-21(15(2)27-24-25-14-26-29(22)24)23(30)28-18-13-16(31-3)10-11-20(18)32-4/h5-11,13-14,22H,1,12H2,2-4H3,(H,28,30)(H,25,26,27)/t22-/m0/s1. The molecule has 2 aromatic carbocycles. The normalized spacial score (nSPS) is 14.7. The van der Waals surface area contributed by atoms with Gasteiger partial charge in [0.05, 0.1) is 25.5 Å². The first kappa shape index (κ1) is 21.9. The number of para-hydroxylation sites is 1. The molecule has 9 nitrogen and oxygen atoms in total. The second-order valence-corrected chi connectivity index (χ2v) is 7.25. The van der Waals surface area contributed by atoms with Crippen LogP contribution in [0.15, 0.2) is 72.7 Å². The molecule has 2 N–H and O–H groups in total. The number of hydrogen-bond donors (Lipinski definition) is 2. The summed E-state index contributed by atoms with van der Waals surface area (Å²) >= 11 is 0. The molecule has 4 rings (SSSR count). The predicted octanol–water partition coefficient (Wildman–Crippen LogP) is 3.79. The van der Waals surface area contributed by atoms with Crippen molar-refractivity contribution in [1.29, 1.82) is 0 Å². The highest BCUT2D eigenvalue weighted by molar-refractivity contribution is 6.06. The molecular formula is C24H25N5O4. The molecular weight excluding hydrogens is 422 g/mol. The lowest BCUT2D eigenvalue weighted by Gasteiger charge is -2.29. The van der Waals surface area contributed by atoms with Gasteiger partial charge in [-0.1, -0.05) is 30.9 Å². The van der Waals surface area contributed by atoms with Crippen molar-refractivity contribution in [2.24, 2.45) is 0 Å². The molecule has 0 spiro atoms. The van der Waals surface area contributed by atoms with Gasteiger partial charge in [0.2, 0.25) is 5.95 Å². The maximum atomic E-state index is 13.7. The van der Waals surface area contributed by atoms with Crippen molar-refractivity contribution in [2.45, 2.75) is 13.0 Å². The van der Waals surface area contributed by atoms with Gasteiger partial charge in [-0.2, -0.15) is 10.1 Å². The summed E-state index contributed by atoms with van der Waals surface area (Å²) in [7, 11) is 3.11. The summed E-state index contributed by atoms with van der Waals surface area (Å²) in [6.07, 6.45) is 3.12. The zero-order valence-corrected chi connectivity index (χ0v) is 18.7. The summed E-state index contributed by atoms with van der Waals surface area (Å²) < 4.78 is 18.3. The van der Waals surface area contributed by atoms with E-state index in [2.05, 4.69) is 27.3 Å². The number of fused-ring (bicyclic) bond motifs is 1. The summed E-state index contributed by atoms with van der Waals surface area (Å²) in [5.74, 6) is 1.95. The smallest absolute Gasteiger partial charge is 0.255 e. The molecule has 0 saturated carbocycles. The van der Waals surface area contributed by atoms with E-state index >= 15 is 0 Å². The van der Waals surface area contributed by atoms with Crippen molar-refractivity contribution in [2.75, 3.05) is 31.5 Å². The number of carbonyl (C=O) groups excluding carboxylic acids is 1. The van der Waals surface area contributed by atoms with E-state index in [9.17, 15) is 4.79 Å². The van der Waals surface area contributed by atoms with Crippen molar-refractivity contribution in [3.8, 4) is 17.2 Å². The van der Waals surface area contributed by atoms with Crippen LogP contribution in [0.2, 0.25) is 0 Å². The highest BCUT2D eigenvalue weighted by Gasteiger charge is 2.35. The third kappa shape index (κ3) is 4.25. The molecule has 9 heteroatoms. The Balaban J connectivity index is 1.78. The second-order valence-electron chi connectivity index (χ2n) is 7.25. The molecule has 1 amide bonds. The number of hydrogen-bond acceptors (Lipinski definition) is 7. The SMILES string of the molecule is C=CCOc1ccccc1[C@H]1C(C(=O)Nc2cc(OC)ccc2OC)=C(C)Nc2ncnn21. The molecule has 33 heavy (non-hydrogen) atoms. The van der Waals surface area contributed by atoms with Crippen LogP contribution < -0.4 is 24.8 Å². The van der Waals surface area contributed by atoms with Crippen molar-refractivity contribution in [3.05, 3.63) is 78.3 Å². The Bertz CT molecular complexity index is 1220. The Morgan fingerprint density at radius 2 is 2.03 bits per heavy atom. The second kappa shape index (κ2) is 9.47. The van der Waals surface area contributed by atoms with Gasteiger partial charge >= 0.3 is 0 Å². The third-order valence-corrected chi connectivity index (χ3v) is 5.26. The van der Waals surface area contributed by atoms with Gasteiger partial charge in [-0.05, 0) is 25.1 Å². The van der Waals surface area contributed by atoms with E-state index in [0.29, 0.717) is 46.8 Å². The highest BCUT2D eigenvalue weighted by atomic mass is 16.5. The zero-order valence-electron chi connectivity index (χ0n) is 18.7. The Morgan fingerprint density at radius 1 is 1.21 bits per heavy atom. The quantitative estimate of drug-likeness (QED) is 0.507. The minimum absolute atomic E-state index is 0.323. The molecule has 0 radical (unpaired) electrons. The number of carbonyl (C=O) groups is 1. The third-order valence-electron chi connectivity index (χ3n) is 5.26. The summed E-state index contributed by atoms with van der Waals surface area (Å²) in [4.78, 5) is 17.9. The highest BCUT2D eigenvalue weighted by Crippen LogP contribution is 2.39. The molecule has 1 atom stereocenters. The number of anilines is 2. The fourth-order valence-corrected chi connectivity index (χ4v) is 3.76. The van der Waals surface area contributed by atoms with Crippen molar-refractivity contribution < 1.29 is 19.0 Å². The van der Waals surface area contributed by atoms with Crippen LogP contribution in [0.4, 0.5) is 11.6 Å². The summed E-state index contributed by atoms with van der Waals surface area (Å²) in [5.41, 5.74) is 2.38. The van der Waals surface area contributed by atoms with Crippen molar-refractivity contribution in [3.63, 3.8) is 0 Å². The maximum Gasteiger partial charge on any atom is 0.255 e. The number of allylic oxidation sites excluding steroid dienone is 1. The molecule has 1 aromatic heterocycles. The minimum Gasteiger partial charge on any atom is -0.497 e. The van der Waals surface area contributed by atoms with E-state index in [1.807, 2.05) is 31.2 Å². The molecule has 170 valence electrons. The number of ether oxygens (including phenoxy) is 3. The van der Waals surface area contributed by atoms with E-state index < -0.39 is 6.04 Å². The van der Waals surface area contributed by atoms with Crippen LogP contribution in [0, 0.1) is 0 Å². The van der Waals surface area contributed by atoms with Gasteiger partial charge in [-0.15, -0.1) is 0 Å². The van der Waals surface area contributed by atoms with Gasteiger partial charge < -0.3 is 24.8 Å². The summed E-state index contributed by atoms with van der Waals surface area (Å²) in [6, 6.07) is 12.2. The lowest BCUT2D eigenvalue weighted by atomic mass is 9.94. The molecule has 2 heterocycles. The van der Waals surface area contributed by atoms with Gasteiger partial charge in [0.25, 0.3) is 5.91 Å². The largest absolute Gasteiger partial charge is 0.497 e. The number of aromatic nitrogens is 3. The molecule has 0 fully saturated rings. The average molecular weight is 447 g/mol. The van der Waals surface area contributed by atoms with E-state index in [1.54, 1.807) is 43.2 Å². The van der Waals surface area contributed by atoms with Gasteiger partial charge in [0.1, 0.15) is 36.2 Å². The van der Waals surface area contributed by atoms with Gasteiger partial charge in [0, 0.05) is 17.3 Å². The fourth-order valence-electron chi connectivity index (χ4n) is 3.76. The number of benzene rings is 2. The first-order chi connectivity index (χ1) is 16.1. The number of methoxy groups -OCH3 is 2. The Labute approximate surface area is 191 Å². The van der Waals surface area contributed by atoms with Crippen molar-refractivity contribution >= 4 is 17.5 Å². The van der Waals surface area contributed by atoms with Gasteiger partial charge in [-0.25, -0.2) is 4.68 Å². The van der Waals surface area contributed by atoms with Crippen LogP contribution in [0.5, 0.6) is 17.2 Å². The predicted molar refractivity (Wildman–Crippen MR) is 125 cm³/mol. The van der Waals surface area contributed by atoms with E-state index in [0.717, 1.165) is 5.56 Å². The first-order valence-corrected chi connectivity index (χ1v) is 10.3. The number of nitrogens with zero attached hydrogens (tertiary/aromatic N) is 3. The van der Waals surface area contributed by atoms with Crippen LogP contribution in [0.25, 0.3) is 0 Å². The molecule has 1 aliphatic heterocycles. The number of nitrogens with one attached hydrogen (secondary N) is 2. The molecule has 0 saturated heterocycles. The van der Waals surface area contributed by atoms with Crippen LogP contribution in [0.3, 0.4) is 0 Å². The topological polar surface area (TPSA) is 99.5 Å². The van der Waals surface area contributed by atoms with Gasteiger partial charge in [-0.3, -0.25) is 4.79 Å². The van der Waals surface area contributed by atoms with Crippen LogP contribution in [-0.2, 0) is 4.79 Å². The average Bonchev–Trinajstić information content (AvgIpc) is 3.30. The summed E-state index contributed by atoms with van der Waals surface area (Å²) in [6.45, 7) is 5.88. The van der Waals surface area contributed by atoms with Crippen LogP contribution in [0.1, 0.15) is 18.5 Å². The molecule has 0 bridgehead atoms. The first-order valence-electron chi connectivity index (χ1n) is 10.3. The molecule has 0 unspecified atom stereocenters. The fraction of sp³-hybridized carbons (Fsp3) is 0.208. The van der Waals surface area contributed by atoms with E-state index in [1.165, 1.54) is 6.33 Å². The number of rotatable bonds is 8. The zero-order chi connectivity index (χ0) is 23.4. The lowest BCUT2D eigenvalue weighted by Crippen LogP contribution is -2.31. The van der Waals surface area contributed by atoms with Gasteiger partial charge in [0.15, 0.2) is 0 Å². The molecule has 3 aromatic rings. The lowest BCUT2D eigenvalue weighted by molar-refractivity contribution is -0.113. The molecule has 1 aliphatic rings. The maximum absolute atomic E-state index is 13.7. The van der Waals surface area contributed by atoms with Crippen LogP contribution in [-0.4, -0.2) is 41.5 Å². The molecule has 0 aliphatic carbocycles. The van der Waals surface area contributed by atoms with E-state index in [-0.39, 0.29) is 5.91 Å². The van der Waals surface area contributed by atoms with Crippen molar-refractivity contribution in [1.82, 2.24) is 14.8 Å². The summed E-state index contributed by atoms with van der Waals surface area (Å²) in [5, 5.41) is 10.5. The van der Waals surface area contributed by atoms with E-state index in [4.69, 9.17) is 14.2 Å².